The summed E-state index contributed by atoms with van der Waals surface area (Å²) >= 11 is 1.35. The van der Waals surface area contributed by atoms with Gasteiger partial charge >= 0.3 is 0 Å². The molecular weight excluding hydrogens is 412 g/mol. The first kappa shape index (κ1) is 20.5. The molecular formula is C22H20N6O2S. The number of azo groups is 1. The Bertz CT molecular complexity index is 1180. The van der Waals surface area contributed by atoms with Crippen molar-refractivity contribution >= 4 is 45.4 Å². The summed E-state index contributed by atoms with van der Waals surface area (Å²) in [5.74, 6) is -0.438. The lowest BCUT2D eigenvalue weighted by molar-refractivity contribution is -0.118. The molecule has 0 aliphatic carbocycles. The smallest absolute Gasteiger partial charge is 0.282 e. The molecule has 1 atom stereocenters. The average Bonchev–Trinajstić information content (AvgIpc) is 3.33. The van der Waals surface area contributed by atoms with Crippen LogP contribution in [0.5, 0.6) is 0 Å². The number of amides is 2. The third kappa shape index (κ3) is 4.56. The van der Waals surface area contributed by atoms with Crippen molar-refractivity contribution in [3.8, 4) is 11.3 Å². The van der Waals surface area contributed by atoms with Gasteiger partial charge in [0.2, 0.25) is 11.0 Å². The van der Waals surface area contributed by atoms with Crippen LogP contribution in [0.3, 0.4) is 0 Å². The van der Waals surface area contributed by atoms with E-state index in [0.29, 0.717) is 22.2 Å². The Morgan fingerprint density at radius 1 is 1.10 bits per heavy atom. The zero-order chi connectivity index (χ0) is 22.0. The molecule has 0 saturated carbocycles. The molecule has 2 amide bonds. The first-order chi connectivity index (χ1) is 14.9. The minimum atomic E-state index is -0.790. The summed E-state index contributed by atoms with van der Waals surface area (Å²) in [5, 5.41) is 19.1. The van der Waals surface area contributed by atoms with Crippen LogP contribution in [-0.2, 0) is 9.59 Å². The summed E-state index contributed by atoms with van der Waals surface area (Å²) in [5.41, 5.74) is 4.75. The third-order valence-electron chi connectivity index (χ3n) is 4.59. The van der Waals surface area contributed by atoms with Crippen LogP contribution in [0.15, 0.2) is 69.2 Å². The van der Waals surface area contributed by atoms with Gasteiger partial charge in [-0.3, -0.25) is 9.59 Å². The molecule has 0 bridgehead atoms. The maximum absolute atomic E-state index is 12.9. The van der Waals surface area contributed by atoms with Crippen molar-refractivity contribution in [1.82, 2.24) is 4.98 Å². The molecule has 0 fully saturated rings. The minimum absolute atomic E-state index is 0.148. The van der Waals surface area contributed by atoms with Gasteiger partial charge in [-0.1, -0.05) is 29.8 Å². The first-order valence-corrected chi connectivity index (χ1v) is 10.5. The van der Waals surface area contributed by atoms with Gasteiger partial charge in [0.25, 0.3) is 5.91 Å². The molecule has 0 spiro atoms. The third-order valence-corrected chi connectivity index (χ3v) is 5.41. The monoisotopic (exact) mass is 432 g/mol. The van der Waals surface area contributed by atoms with Gasteiger partial charge in [-0.05, 0) is 38.1 Å². The number of carbonyl (C=O) groups excluding carboxylic acids is 2. The van der Waals surface area contributed by atoms with Crippen molar-refractivity contribution in [3.05, 3.63) is 59.5 Å². The van der Waals surface area contributed by atoms with Crippen molar-refractivity contribution in [2.75, 3.05) is 10.3 Å². The summed E-state index contributed by atoms with van der Waals surface area (Å²) < 4.78 is 0. The molecule has 2 aromatic carbocycles. The Morgan fingerprint density at radius 3 is 2.48 bits per heavy atom. The van der Waals surface area contributed by atoms with Crippen LogP contribution in [0.1, 0.15) is 19.4 Å². The fourth-order valence-corrected chi connectivity index (χ4v) is 3.77. The van der Waals surface area contributed by atoms with Crippen LogP contribution in [0.2, 0.25) is 0 Å². The molecule has 3 aromatic rings. The van der Waals surface area contributed by atoms with E-state index in [1.807, 2.05) is 36.6 Å². The normalized spacial score (nSPS) is 16.1. The van der Waals surface area contributed by atoms with Crippen molar-refractivity contribution in [1.29, 1.82) is 0 Å². The van der Waals surface area contributed by atoms with E-state index >= 15 is 0 Å². The van der Waals surface area contributed by atoms with E-state index in [1.54, 1.807) is 31.2 Å². The van der Waals surface area contributed by atoms with Gasteiger partial charge in [-0.15, -0.1) is 11.3 Å². The molecule has 0 saturated heterocycles. The van der Waals surface area contributed by atoms with Gasteiger partial charge < -0.3 is 5.32 Å². The number of aromatic nitrogens is 1. The maximum Gasteiger partial charge on any atom is 0.282 e. The van der Waals surface area contributed by atoms with Crippen LogP contribution >= 0.6 is 11.3 Å². The number of rotatable bonds is 5. The van der Waals surface area contributed by atoms with Gasteiger partial charge in [0.1, 0.15) is 0 Å². The number of aryl methyl sites for hydroxylation is 1. The van der Waals surface area contributed by atoms with Crippen LogP contribution in [0.4, 0.5) is 16.5 Å². The van der Waals surface area contributed by atoms with E-state index in [-0.39, 0.29) is 11.8 Å². The first-order valence-electron chi connectivity index (χ1n) is 9.61. The Balaban J connectivity index is 1.48. The number of nitrogens with zero attached hydrogens (tertiary/aromatic N) is 5. The lowest BCUT2D eigenvalue weighted by atomic mass is 10.1. The van der Waals surface area contributed by atoms with E-state index in [0.717, 1.165) is 11.3 Å². The molecule has 1 aliphatic rings. The number of thiazole rings is 1. The van der Waals surface area contributed by atoms with E-state index < -0.39 is 6.04 Å². The number of nitrogens with one attached hydrogen (secondary N) is 1. The van der Waals surface area contributed by atoms with E-state index in [4.69, 9.17) is 0 Å². The number of hydrogen-bond donors (Lipinski definition) is 1. The molecule has 1 aromatic heterocycles. The summed E-state index contributed by atoms with van der Waals surface area (Å²) in [4.78, 5) is 28.6. The molecule has 156 valence electrons. The Morgan fingerprint density at radius 2 is 1.81 bits per heavy atom. The van der Waals surface area contributed by atoms with Gasteiger partial charge in [0.15, 0.2) is 6.04 Å². The van der Waals surface area contributed by atoms with Gasteiger partial charge in [-0.25, -0.2) is 4.98 Å². The summed E-state index contributed by atoms with van der Waals surface area (Å²) in [6.45, 7) is 5.22. The van der Waals surface area contributed by atoms with Gasteiger partial charge in [-0.2, -0.15) is 20.3 Å². The van der Waals surface area contributed by atoms with Crippen LogP contribution in [-0.4, -0.2) is 28.6 Å². The topological polar surface area (TPSA) is 99.4 Å². The molecule has 0 radical (unpaired) electrons. The standard InChI is InChI=1S/C22H20N6O2S/c1-13-4-6-16(7-5-13)19-12-31-22(24-19)28-21(30)20(14(2)27-28)26-25-18-10-8-17(9-11-18)23-15(3)29/h4-12,20H,1-3H3,(H,23,29)/t20-/m0/s1. The Hall–Kier alpha value is -3.72. The molecule has 2 heterocycles. The largest absolute Gasteiger partial charge is 0.326 e. The van der Waals surface area contributed by atoms with Crippen molar-refractivity contribution < 1.29 is 9.59 Å². The molecule has 1 aliphatic heterocycles. The van der Waals surface area contributed by atoms with Crippen LogP contribution in [0, 0.1) is 6.92 Å². The van der Waals surface area contributed by atoms with Crippen LogP contribution in [0.25, 0.3) is 11.3 Å². The number of anilines is 2. The SMILES string of the molecule is CC(=O)Nc1ccc(N=N[C@@H]2C(=O)N(c3nc(-c4ccc(C)cc4)cs3)N=C2C)cc1. The molecule has 31 heavy (non-hydrogen) atoms. The summed E-state index contributed by atoms with van der Waals surface area (Å²) in [7, 11) is 0. The zero-order valence-electron chi connectivity index (χ0n) is 17.2. The number of benzene rings is 2. The Labute approximate surface area is 183 Å². The highest BCUT2D eigenvalue weighted by Gasteiger charge is 2.36. The van der Waals surface area contributed by atoms with E-state index in [9.17, 15) is 9.59 Å². The molecule has 1 N–H and O–H groups in total. The number of hydrogen-bond acceptors (Lipinski definition) is 7. The van der Waals surface area contributed by atoms with E-state index in [2.05, 4.69) is 25.6 Å². The lowest BCUT2D eigenvalue weighted by Crippen LogP contribution is -2.29. The zero-order valence-corrected chi connectivity index (χ0v) is 18.1. The predicted octanol–water partition coefficient (Wildman–Crippen LogP) is 4.95. The highest BCUT2D eigenvalue weighted by molar-refractivity contribution is 7.14. The van der Waals surface area contributed by atoms with E-state index in [1.165, 1.54) is 28.8 Å². The van der Waals surface area contributed by atoms with Crippen molar-refractivity contribution in [2.24, 2.45) is 15.3 Å². The predicted molar refractivity (Wildman–Crippen MR) is 122 cm³/mol. The maximum atomic E-state index is 12.9. The molecule has 9 heteroatoms. The second-order valence-corrected chi connectivity index (χ2v) is 7.96. The second-order valence-electron chi connectivity index (χ2n) is 7.12. The summed E-state index contributed by atoms with van der Waals surface area (Å²) in [6, 6.07) is 14.1. The molecule has 4 rings (SSSR count). The average molecular weight is 433 g/mol. The number of hydrazone groups is 1. The minimum Gasteiger partial charge on any atom is -0.326 e. The number of carbonyl (C=O) groups is 2. The quantitative estimate of drug-likeness (QED) is 0.577. The van der Waals surface area contributed by atoms with Gasteiger partial charge in [0, 0.05) is 23.6 Å². The Kier molecular flexibility index (Phi) is 5.68. The summed E-state index contributed by atoms with van der Waals surface area (Å²) in [6.07, 6.45) is 0. The molecule has 0 unspecified atom stereocenters. The molecule has 8 nitrogen and oxygen atoms in total. The highest BCUT2D eigenvalue weighted by Crippen LogP contribution is 2.31. The van der Waals surface area contributed by atoms with Crippen molar-refractivity contribution in [2.45, 2.75) is 26.8 Å². The van der Waals surface area contributed by atoms with Gasteiger partial charge in [0.05, 0.1) is 17.1 Å². The second kappa shape index (κ2) is 8.57. The highest BCUT2D eigenvalue weighted by atomic mass is 32.1. The lowest BCUT2D eigenvalue weighted by Gasteiger charge is -2.08. The van der Waals surface area contributed by atoms with Crippen molar-refractivity contribution in [3.63, 3.8) is 0 Å². The fourth-order valence-electron chi connectivity index (χ4n) is 2.98. The fraction of sp³-hybridized carbons (Fsp3) is 0.182. The van der Waals surface area contributed by atoms with Crippen LogP contribution < -0.4 is 10.3 Å².